The Labute approximate surface area is 138 Å². The molecule has 0 unspecified atom stereocenters. The maximum atomic E-state index is 12.6. The molecule has 1 aliphatic carbocycles. The van der Waals surface area contributed by atoms with Gasteiger partial charge in [-0.2, -0.15) is 0 Å². The highest BCUT2D eigenvalue weighted by atomic mass is 16.1. The number of benzene rings is 1. The predicted molar refractivity (Wildman–Crippen MR) is 92.3 cm³/mol. The van der Waals surface area contributed by atoms with E-state index in [2.05, 4.69) is 5.32 Å². The van der Waals surface area contributed by atoms with Crippen LogP contribution in [-0.4, -0.2) is 24.8 Å². The standard InChI is InChI=1S/C19H28N2O2/c1-2-21-18(22)12-7-14-3-8-16(9-4-14)19(23)17-10-5-15(13-20)6-11-17/h3-4,8-9,15,17H,2,5-7,10-13,20H2,1H3,(H,21,22). The molecule has 0 heterocycles. The van der Waals surface area contributed by atoms with Gasteiger partial charge in [-0.3, -0.25) is 9.59 Å². The van der Waals surface area contributed by atoms with Gasteiger partial charge in [0.05, 0.1) is 0 Å². The first-order valence-corrected chi connectivity index (χ1v) is 8.74. The highest BCUT2D eigenvalue weighted by molar-refractivity contribution is 5.97. The minimum absolute atomic E-state index is 0.0734. The lowest BCUT2D eigenvalue weighted by molar-refractivity contribution is -0.120. The second kappa shape index (κ2) is 8.82. The topological polar surface area (TPSA) is 72.2 Å². The molecule has 0 atom stereocenters. The summed E-state index contributed by atoms with van der Waals surface area (Å²) in [5.41, 5.74) is 7.60. The van der Waals surface area contributed by atoms with Crippen molar-refractivity contribution < 1.29 is 9.59 Å². The van der Waals surface area contributed by atoms with Gasteiger partial charge < -0.3 is 11.1 Å². The van der Waals surface area contributed by atoms with Gasteiger partial charge in [0.15, 0.2) is 5.78 Å². The van der Waals surface area contributed by atoms with Gasteiger partial charge in [0.2, 0.25) is 5.91 Å². The van der Waals surface area contributed by atoms with E-state index in [1.165, 1.54) is 0 Å². The number of nitrogens with one attached hydrogen (secondary N) is 1. The second-order valence-corrected chi connectivity index (χ2v) is 6.47. The molecule has 0 spiro atoms. The van der Waals surface area contributed by atoms with Crippen LogP contribution < -0.4 is 11.1 Å². The van der Waals surface area contributed by atoms with Crippen LogP contribution in [0.15, 0.2) is 24.3 Å². The van der Waals surface area contributed by atoms with E-state index < -0.39 is 0 Å². The van der Waals surface area contributed by atoms with E-state index in [-0.39, 0.29) is 17.6 Å². The molecule has 0 saturated heterocycles. The number of Topliss-reactive ketones (excluding diaryl/α,β-unsaturated/α-hetero) is 1. The smallest absolute Gasteiger partial charge is 0.220 e. The lowest BCUT2D eigenvalue weighted by Crippen LogP contribution is -2.25. The molecular formula is C19H28N2O2. The number of aryl methyl sites for hydroxylation is 1. The summed E-state index contributed by atoms with van der Waals surface area (Å²) in [6, 6.07) is 7.75. The largest absolute Gasteiger partial charge is 0.356 e. The molecule has 4 heteroatoms. The van der Waals surface area contributed by atoms with Gasteiger partial charge in [-0.05, 0) is 57.1 Å². The van der Waals surface area contributed by atoms with E-state index >= 15 is 0 Å². The van der Waals surface area contributed by atoms with Crippen molar-refractivity contribution in [2.75, 3.05) is 13.1 Å². The summed E-state index contributed by atoms with van der Waals surface area (Å²) in [5, 5.41) is 2.79. The van der Waals surface area contributed by atoms with Gasteiger partial charge in [-0.1, -0.05) is 24.3 Å². The maximum Gasteiger partial charge on any atom is 0.220 e. The zero-order valence-corrected chi connectivity index (χ0v) is 14.0. The molecule has 2 rings (SSSR count). The zero-order valence-electron chi connectivity index (χ0n) is 14.0. The fourth-order valence-corrected chi connectivity index (χ4v) is 3.28. The Hall–Kier alpha value is -1.68. The van der Waals surface area contributed by atoms with Crippen molar-refractivity contribution in [1.82, 2.24) is 5.32 Å². The predicted octanol–water partition coefficient (Wildman–Crippen LogP) is 2.70. The van der Waals surface area contributed by atoms with Crippen LogP contribution in [0.25, 0.3) is 0 Å². The molecule has 4 nitrogen and oxygen atoms in total. The number of carbonyl (C=O) groups excluding carboxylic acids is 2. The molecule has 1 saturated carbocycles. The lowest BCUT2D eigenvalue weighted by atomic mass is 9.78. The number of carbonyl (C=O) groups is 2. The van der Waals surface area contributed by atoms with Crippen LogP contribution in [0.1, 0.15) is 54.9 Å². The summed E-state index contributed by atoms with van der Waals surface area (Å²) < 4.78 is 0. The quantitative estimate of drug-likeness (QED) is 0.760. The Balaban J connectivity index is 1.86. The Bertz CT molecular complexity index is 517. The molecule has 0 radical (unpaired) electrons. The van der Waals surface area contributed by atoms with E-state index in [4.69, 9.17) is 5.73 Å². The van der Waals surface area contributed by atoms with E-state index in [1.807, 2.05) is 31.2 Å². The third-order valence-corrected chi connectivity index (χ3v) is 4.80. The van der Waals surface area contributed by atoms with Gasteiger partial charge in [-0.25, -0.2) is 0 Å². The molecular weight excluding hydrogens is 288 g/mol. The van der Waals surface area contributed by atoms with Gasteiger partial charge in [0.25, 0.3) is 0 Å². The van der Waals surface area contributed by atoms with Crippen molar-refractivity contribution in [3.05, 3.63) is 35.4 Å². The average molecular weight is 316 g/mol. The monoisotopic (exact) mass is 316 g/mol. The van der Waals surface area contributed by atoms with Crippen LogP contribution in [0.5, 0.6) is 0 Å². The van der Waals surface area contributed by atoms with Crippen molar-refractivity contribution >= 4 is 11.7 Å². The molecule has 1 aromatic rings. The molecule has 0 aromatic heterocycles. The minimum atomic E-state index is 0.0734. The van der Waals surface area contributed by atoms with Crippen molar-refractivity contribution in [1.29, 1.82) is 0 Å². The third-order valence-electron chi connectivity index (χ3n) is 4.80. The SMILES string of the molecule is CCNC(=O)CCc1ccc(C(=O)C2CCC(CN)CC2)cc1. The number of hydrogen-bond donors (Lipinski definition) is 2. The molecule has 0 aliphatic heterocycles. The Kier molecular flexibility index (Phi) is 6.78. The number of nitrogens with two attached hydrogens (primary N) is 1. The van der Waals surface area contributed by atoms with E-state index in [9.17, 15) is 9.59 Å². The zero-order chi connectivity index (χ0) is 16.7. The molecule has 23 heavy (non-hydrogen) atoms. The summed E-state index contributed by atoms with van der Waals surface area (Å²) in [4.78, 5) is 24.0. The first kappa shape index (κ1) is 17.7. The Morgan fingerprint density at radius 3 is 2.35 bits per heavy atom. The van der Waals surface area contributed by atoms with Crippen molar-refractivity contribution in [3.63, 3.8) is 0 Å². The number of ketones is 1. The first-order valence-electron chi connectivity index (χ1n) is 8.74. The molecule has 1 aromatic carbocycles. The summed E-state index contributed by atoms with van der Waals surface area (Å²) in [6.07, 6.45) is 5.25. The van der Waals surface area contributed by atoms with Gasteiger partial charge in [-0.15, -0.1) is 0 Å². The maximum absolute atomic E-state index is 12.6. The van der Waals surface area contributed by atoms with Crippen LogP contribution in [0.2, 0.25) is 0 Å². The molecule has 126 valence electrons. The summed E-state index contributed by atoms with van der Waals surface area (Å²) >= 11 is 0. The Morgan fingerprint density at radius 2 is 1.78 bits per heavy atom. The normalized spacial score (nSPS) is 21.0. The van der Waals surface area contributed by atoms with Gasteiger partial charge >= 0.3 is 0 Å². The van der Waals surface area contributed by atoms with E-state index in [1.54, 1.807) is 0 Å². The molecule has 0 bridgehead atoms. The number of hydrogen-bond acceptors (Lipinski definition) is 3. The van der Waals surface area contributed by atoms with Gasteiger partial charge in [0, 0.05) is 24.4 Å². The van der Waals surface area contributed by atoms with Crippen molar-refractivity contribution in [2.45, 2.75) is 45.4 Å². The molecule has 1 aliphatic rings. The highest BCUT2D eigenvalue weighted by Gasteiger charge is 2.26. The fourth-order valence-electron chi connectivity index (χ4n) is 3.28. The third kappa shape index (κ3) is 5.17. The van der Waals surface area contributed by atoms with Gasteiger partial charge in [0.1, 0.15) is 0 Å². The van der Waals surface area contributed by atoms with E-state index in [0.717, 1.165) is 43.4 Å². The van der Waals surface area contributed by atoms with Crippen LogP contribution in [-0.2, 0) is 11.2 Å². The van der Waals surface area contributed by atoms with Crippen LogP contribution in [0, 0.1) is 11.8 Å². The lowest BCUT2D eigenvalue weighted by Gasteiger charge is -2.26. The summed E-state index contributed by atoms with van der Waals surface area (Å²) in [7, 11) is 0. The van der Waals surface area contributed by atoms with Crippen LogP contribution in [0.4, 0.5) is 0 Å². The van der Waals surface area contributed by atoms with Crippen LogP contribution >= 0.6 is 0 Å². The number of rotatable bonds is 7. The second-order valence-electron chi connectivity index (χ2n) is 6.47. The average Bonchev–Trinajstić information content (AvgIpc) is 2.60. The summed E-state index contributed by atoms with van der Waals surface area (Å²) in [6.45, 7) is 3.32. The Morgan fingerprint density at radius 1 is 1.13 bits per heavy atom. The first-order chi connectivity index (χ1) is 11.1. The van der Waals surface area contributed by atoms with Crippen molar-refractivity contribution in [3.8, 4) is 0 Å². The molecule has 3 N–H and O–H groups in total. The minimum Gasteiger partial charge on any atom is -0.356 e. The highest BCUT2D eigenvalue weighted by Crippen LogP contribution is 2.30. The van der Waals surface area contributed by atoms with Crippen molar-refractivity contribution in [2.24, 2.45) is 17.6 Å². The molecule has 1 amide bonds. The molecule has 1 fully saturated rings. The fraction of sp³-hybridized carbons (Fsp3) is 0.579. The summed E-state index contributed by atoms with van der Waals surface area (Å²) in [5.74, 6) is 1.08. The van der Waals surface area contributed by atoms with E-state index in [0.29, 0.717) is 25.3 Å². The van der Waals surface area contributed by atoms with Crippen LogP contribution in [0.3, 0.4) is 0 Å². The number of amides is 1.